The minimum atomic E-state index is -0.341. The maximum atomic E-state index is 12.4. The highest BCUT2D eigenvalue weighted by Gasteiger charge is 2.20. The smallest absolute Gasteiger partial charge is 0.340 e. The monoisotopic (exact) mass is 351 g/mol. The lowest BCUT2D eigenvalue weighted by atomic mass is 10.2. The molecule has 7 heteroatoms. The minimum Gasteiger partial charge on any atom is -0.455 e. The largest absolute Gasteiger partial charge is 0.455 e. The highest BCUT2D eigenvalue weighted by molar-refractivity contribution is 7.15. The van der Waals surface area contributed by atoms with Crippen LogP contribution in [-0.2, 0) is 11.3 Å². The molecule has 0 N–H and O–H groups in total. The molecule has 0 aliphatic carbocycles. The van der Waals surface area contributed by atoms with E-state index in [0.29, 0.717) is 22.5 Å². The number of ether oxygens (including phenoxy) is 1. The average molecular weight is 352 g/mol. The number of thiazole rings is 1. The number of hydrogen-bond donors (Lipinski definition) is 0. The molecule has 3 aromatic heterocycles. The Morgan fingerprint density at radius 3 is 2.83 bits per heavy atom. The van der Waals surface area contributed by atoms with Gasteiger partial charge < -0.3 is 9.30 Å². The van der Waals surface area contributed by atoms with Gasteiger partial charge in [-0.05, 0) is 33.8 Å². The van der Waals surface area contributed by atoms with Gasteiger partial charge >= 0.3 is 5.97 Å². The standard InChI is InChI=1S/C16H18ClN3O2S/c1-9(2)20-10(3)7-12(11(20)4)15(21)22-8-13-14(17)18-16-19(13)5-6-23-16/h5-7,9H,8H2,1-4H3. The number of fused-ring (bicyclic) bond motifs is 1. The van der Waals surface area contributed by atoms with Crippen molar-refractivity contribution in [3.8, 4) is 0 Å². The lowest BCUT2D eigenvalue weighted by molar-refractivity contribution is 0.0466. The van der Waals surface area contributed by atoms with Crippen LogP contribution in [0.5, 0.6) is 0 Å². The van der Waals surface area contributed by atoms with Crippen LogP contribution in [0.3, 0.4) is 0 Å². The number of hydrogen-bond acceptors (Lipinski definition) is 4. The lowest BCUT2D eigenvalue weighted by Crippen LogP contribution is -2.10. The van der Waals surface area contributed by atoms with Crippen LogP contribution in [0.15, 0.2) is 17.6 Å². The third-order valence-corrected chi connectivity index (χ3v) is 4.93. The molecular formula is C16H18ClN3O2S. The van der Waals surface area contributed by atoms with Gasteiger partial charge in [0.05, 0.1) is 11.3 Å². The predicted molar refractivity (Wildman–Crippen MR) is 91.5 cm³/mol. The number of esters is 1. The van der Waals surface area contributed by atoms with E-state index >= 15 is 0 Å². The molecule has 0 spiro atoms. The Kier molecular flexibility index (Phi) is 4.21. The molecule has 0 bridgehead atoms. The molecule has 0 saturated carbocycles. The number of carbonyl (C=O) groups is 1. The van der Waals surface area contributed by atoms with E-state index < -0.39 is 0 Å². The number of nitrogens with zero attached hydrogens (tertiary/aromatic N) is 3. The van der Waals surface area contributed by atoms with Crippen LogP contribution >= 0.6 is 22.9 Å². The van der Waals surface area contributed by atoms with E-state index in [9.17, 15) is 4.79 Å². The van der Waals surface area contributed by atoms with Crippen molar-refractivity contribution in [3.05, 3.63) is 45.4 Å². The minimum absolute atomic E-state index is 0.0981. The first-order valence-corrected chi connectivity index (χ1v) is 8.61. The lowest BCUT2D eigenvalue weighted by Gasteiger charge is -2.13. The molecule has 0 aromatic carbocycles. The van der Waals surface area contributed by atoms with Crippen LogP contribution in [-0.4, -0.2) is 19.9 Å². The van der Waals surface area contributed by atoms with Gasteiger partial charge in [-0.25, -0.2) is 9.78 Å². The summed E-state index contributed by atoms with van der Waals surface area (Å²) in [5.41, 5.74) is 3.25. The van der Waals surface area contributed by atoms with Gasteiger partial charge in [0, 0.05) is 29.0 Å². The summed E-state index contributed by atoms with van der Waals surface area (Å²) >= 11 is 7.61. The van der Waals surface area contributed by atoms with Gasteiger partial charge in [-0.1, -0.05) is 11.6 Å². The molecule has 0 saturated heterocycles. The van der Waals surface area contributed by atoms with E-state index in [0.717, 1.165) is 16.3 Å². The van der Waals surface area contributed by atoms with Gasteiger partial charge in [-0.15, -0.1) is 11.3 Å². The average Bonchev–Trinajstić information content (AvgIpc) is 3.10. The summed E-state index contributed by atoms with van der Waals surface area (Å²) < 4.78 is 9.44. The zero-order valence-electron chi connectivity index (χ0n) is 13.5. The Hall–Kier alpha value is -1.79. The first kappa shape index (κ1) is 16.1. The Balaban J connectivity index is 1.81. The topological polar surface area (TPSA) is 48.5 Å². The summed E-state index contributed by atoms with van der Waals surface area (Å²) in [7, 11) is 0. The number of imidazole rings is 1. The van der Waals surface area contributed by atoms with Gasteiger partial charge in [0.1, 0.15) is 6.61 Å². The van der Waals surface area contributed by atoms with Crippen molar-refractivity contribution in [3.63, 3.8) is 0 Å². The highest BCUT2D eigenvalue weighted by atomic mass is 35.5. The number of halogens is 1. The van der Waals surface area contributed by atoms with Crippen molar-refractivity contribution >= 4 is 33.9 Å². The van der Waals surface area contributed by atoms with Crippen LogP contribution in [0.2, 0.25) is 5.15 Å². The first-order valence-electron chi connectivity index (χ1n) is 7.35. The number of aromatic nitrogens is 3. The second kappa shape index (κ2) is 6.02. The highest BCUT2D eigenvalue weighted by Crippen LogP contribution is 2.24. The van der Waals surface area contributed by atoms with Gasteiger partial charge in [0.15, 0.2) is 10.1 Å². The summed E-state index contributed by atoms with van der Waals surface area (Å²) in [6.07, 6.45) is 1.87. The van der Waals surface area contributed by atoms with Gasteiger partial charge in [-0.3, -0.25) is 4.40 Å². The molecular weight excluding hydrogens is 334 g/mol. The fraction of sp³-hybridized carbons (Fsp3) is 0.375. The SMILES string of the molecule is Cc1cc(C(=O)OCc2c(Cl)nc3sccn23)c(C)n1C(C)C. The maximum Gasteiger partial charge on any atom is 0.340 e. The summed E-state index contributed by atoms with van der Waals surface area (Å²) in [6, 6.07) is 2.17. The molecule has 122 valence electrons. The molecule has 3 rings (SSSR count). The molecule has 3 heterocycles. The van der Waals surface area contributed by atoms with Crippen LogP contribution in [0.4, 0.5) is 0 Å². The third-order valence-electron chi connectivity index (χ3n) is 3.87. The fourth-order valence-electron chi connectivity index (χ4n) is 2.93. The quantitative estimate of drug-likeness (QED) is 0.654. The van der Waals surface area contributed by atoms with Crippen molar-refractivity contribution in [1.29, 1.82) is 0 Å². The van der Waals surface area contributed by atoms with E-state index in [2.05, 4.69) is 23.4 Å². The third kappa shape index (κ3) is 2.77. The molecule has 0 fully saturated rings. The van der Waals surface area contributed by atoms with Crippen molar-refractivity contribution in [2.24, 2.45) is 0 Å². The molecule has 5 nitrogen and oxygen atoms in total. The second-order valence-corrected chi connectivity index (χ2v) is 6.96. The van der Waals surface area contributed by atoms with E-state index in [-0.39, 0.29) is 12.6 Å². The van der Waals surface area contributed by atoms with E-state index in [4.69, 9.17) is 16.3 Å². The van der Waals surface area contributed by atoms with Gasteiger partial charge in [0.2, 0.25) is 0 Å². The Bertz CT molecular complexity index is 876. The zero-order valence-corrected chi connectivity index (χ0v) is 15.0. The van der Waals surface area contributed by atoms with Crippen LogP contribution in [0, 0.1) is 13.8 Å². The second-order valence-electron chi connectivity index (χ2n) is 5.73. The van der Waals surface area contributed by atoms with Crippen LogP contribution in [0.25, 0.3) is 4.96 Å². The zero-order chi connectivity index (χ0) is 16.7. The van der Waals surface area contributed by atoms with Gasteiger partial charge in [-0.2, -0.15) is 0 Å². The van der Waals surface area contributed by atoms with E-state index in [1.165, 1.54) is 11.3 Å². The molecule has 3 aromatic rings. The molecule has 0 aliphatic heterocycles. The molecule has 0 unspecified atom stereocenters. The summed E-state index contributed by atoms with van der Waals surface area (Å²) in [5.74, 6) is -0.341. The van der Waals surface area contributed by atoms with Crippen molar-refractivity contribution < 1.29 is 9.53 Å². The van der Waals surface area contributed by atoms with E-state index in [1.807, 2.05) is 35.9 Å². The number of carbonyl (C=O) groups excluding carboxylic acids is 1. The molecule has 0 aliphatic rings. The van der Waals surface area contributed by atoms with E-state index in [1.54, 1.807) is 0 Å². The summed E-state index contributed by atoms with van der Waals surface area (Å²) in [5, 5.41) is 2.29. The molecule has 0 radical (unpaired) electrons. The molecule has 0 atom stereocenters. The Morgan fingerprint density at radius 1 is 1.43 bits per heavy atom. The van der Waals surface area contributed by atoms with Crippen molar-refractivity contribution in [2.75, 3.05) is 0 Å². The van der Waals surface area contributed by atoms with Crippen molar-refractivity contribution in [1.82, 2.24) is 14.0 Å². The Labute approximate surface area is 143 Å². The first-order chi connectivity index (χ1) is 10.9. The normalized spacial score (nSPS) is 11.6. The fourth-order valence-corrected chi connectivity index (χ4v) is 3.93. The van der Waals surface area contributed by atoms with Crippen LogP contribution < -0.4 is 0 Å². The molecule has 0 amide bonds. The summed E-state index contributed by atoms with van der Waals surface area (Å²) in [6.45, 7) is 8.21. The number of aryl methyl sites for hydroxylation is 1. The van der Waals surface area contributed by atoms with Crippen LogP contribution in [0.1, 0.15) is 47.3 Å². The maximum absolute atomic E-state index is 12.4. The van der Waals surface area contributed by atoms with Crippen molar-refractivity contribution in [2.45, 2.75) is 40.3 Å². The number of rotatable bonds is 4. The van der Waals surface area contributed by atoms with Gasteiger partial charge in [0.25, 0.3) is 0 Å². The summed E-state index contributed by atoms with van der Waals surface area (Å²) in [4.78, 5) is 17.5. The molecule has 23 heavy (non-hydrogen) atoms. The predicted octanol–water partition coefficient (Wildman–Crippen LogP) is 4.41. The Morgan fingerprint density at radius 2 is 2.17 bits per heavy atom.